The smallest absolute Gasteiger partial charge is 0.548 e. The Balaban J connectivity index is 0.00000392. The molecule has 2 saturated heterocycles. The largest absolute Gasteiger partial charge is 1.00 e. The van der Waals surface area contributed by atoms with Gasteiger partial charge in [-0.3, -0.25) is 0 Å². The summed E-state index contributed by atoms with van der Waals surface area (Å²) in [7, 11) is 0. The van der Waals surface area contributed by atoms with Crippen LogP contribution in [0, 0.1) is 0 Å². The van der Waals surface area contributed by atoms with E-state index in [2.05, 4.69) is 0 Å². The van der Waals surface area contributed by atoms with E-state index in [1.165, 1.54) is 0 Å². The van der Waals surface area contributed by atoms with E-state index in [0.717, 1.165) is 0 Å². The Kier molecular flexibility index (Phi) is 10.6. The van der Waals surface area contributed by atoms with E-state index in [1.807, 2.05) is 0 Å². The second-order valence-corrected chi connectivity index (χ2v) is 6.23. The van der Waals surface area contributed by atoms with Crippen LogP contribution in [0.2, 0.25) is 0 Å². The molecule has 158 valence electrons. The van der Waals surface area contributed by atoms with Gasteiger partial charge in [-0.25, -0.2) is 0 Å². The van der Waals surface area contributed by atoms with E-state index in [4.69, 9.17) is 18.9 Å². The summed E-state index contributed by atoms with van der Waals surface area (Å²) in [5, 5.41) is 78.7. The van der Waals surface area contributed by atoms with E-state index in [9.17, 15) is 45.6 Å². The van der Waals surface area contributed by atoms with E-state index in [0.29, 0.717) is 0 Å². The first-order chi connectivity index (χ1) is 12.7. The predicted octanol–water partition coefficient (Wildman–Crippen LogP) is -9.62. The molecule has 13 nitrogen and oxygen atoms in total. The fourth-order valence-electron chi connectivity index (χ4n) is 2.81. The van der Waals surface area contributed by atoms with Gasteiger partial charge in [0.05, 0.1) is 25.8 Å². The SMILES string of the molecule is O=C([O-])COC[C@H]1O[C@@H](O[C@H]2[C@H](O)[C@@H](O)C(O)O[C@@H]2CO)[C@H](O)[C@@H](O)[C@H]1O.[Na+]. The van der Waals surface area contributed by atoms with Gasteiger partial charge in [-0.15, -0.1) is 0 Å². The topological polar surface area (TPSA) is 219 Å². The number of aliphatic hydroxyl groups is 7. The Hall–Kier alpha value is 0.0300. The molecule has 0 radical (unpaired) electrons. The number of carbonyl (C=O) groups excluding carboxylic acids is 1. The number of aliphatic hydroxyl groups excluding tert-OH is 7. The standard InChI is InChI=1S/C14H24O13.Na/c15-1-4-12(9(20)10(21)13(23)25-4)27-14-11(22)8(19)7(18)5(26-14)2-24-3-6(16)17;/h4-5,7-15,18-23H,1-3H2,(H,16,17);/q;+1/p-1/t4-,5-,7+,8+,9-,10-,11-,12-,13?,14+;/m1./s1. The Bertz CT molecular complexity index is 494. The van der Waals surface area contributed by atoms with E-state index < -0.39 is 87.2 Å². The molecule has 0 aromatic carbocycles. The molecule has 0 amide bonds. The fraction of sp³-hybridized carbons (Fsp3) is 0.929. The molecule has 2 aliphatic heterocycles. The summed E-state index contributed by atoms with van der Waals surface area (Å²) in [6.07, 6.45) is -16.3. The molecule has 2 fully saturated rings. The van der Waals surface area contributed by atoms with E-state index in [1.54, 1.807) is 0 Å². The Morgan fingerprint density at radius 2 is 1.54 bits per heavy atom. The van der Waals surface area contributed by atoms with Crippen LogP contribution in [-0.2, 0) is 23.7 Å². The molecule has 0 aliphatic carbocycles. The molecule has 14 heteroatoms. The molecule has 28 heavy (non-hydrogen) atoms. The Morgan fingerprint density at radius 3 is 2.11 bits per heavy atom. The maximum Gasteiger partial charge on any atom is 1.00 e. The number of carbonyl (C=O) groups is 1. The first kappa shape index (κ1) is 26.1. The fourth-order valence-corrected chi connectivity index (χ4v) is 2.81. The molecule has 7 N–H and O–H groups in total. The molecule has 1 unspecified atom stereocenters. The molecular formula is C14H23NaO13. The zero-order chi connectivity index (χ0) is 20.3. The van der Waals surface area contributed by atoms with Crippen molar-refractivity contribution in [3.05, 3.63) is 0 Å². The zero-order valence-corrected chi connectivity index (χ0v) is 17.0. The molecule has 2 aliphatic rings. The quantitative estimate of drug-likeness (QED) is 0.190. The van der Waals surface area contributed by atoms with Crippen molar-refractivity contribution >= 4 is 5.97 Å². The van der Waals surface area contributed by atoms with Crippen LogP contribution in [0.25, 0.3) is 0 Å². The third-order valence-corrected chi connectivity index (χ3v) is 4.30. The molecule has 0 spiro atoms. The maximum absolute atomic E-state index is 10.4. The van der Waals surface area contributed by atoms with Crippen molar-refractivity contribution in [1.29, 1.82) is 0 Å². The summed E-state index contributed by atoms with van der Waals surface area (Å²) in [6.45, 7) is -2.02. The van der Waals surface area contributed by atoms with Gasteiger partial charge in [-0.2, -0.15) is 0 Å². The van der Waals surface area contributed by atoms with Gasteiger partial charge in [0.15, 0.2) is 12.6 Å². The van der Waals surface area contributed by atoms with Crippen molar-refractivity contribution in [2.45, 2.75) is 61.4 Å². The van der Waals surface area contributed by atoms with Crippen LogP contribution in [-0.4, -0.2) is 123 Å². The number of rotatable bonds is 7. The summed E-state index contributed by atoms with van der Waals surface area (Å²) in [5.41, 5.74) is 0. The average molecular weight is 422 g/mol. The van der Waals surface area contributed by atoms with Crippen molar-refractivity contribution in [3.63, 3.8) is 0 Å². The minimum atomic E-state index is -1.80. The summed E-state index contributed by atoms with van der Waals surface area (Å²) < 4.78 is 20.2. The van der Waals surface area contributed by atoms with Crippen molar-refractivity contribution in [3.8, 4) is 0 Å². The molecule has 10 atom stereocenters. The van der Waals surface area contributed by atoms with Crippen LogP contribution in [0.4, 0.5) is 0 Å². The van der Waals surface area contributed by atoms with Gasteiger partial charge in [0.25, 0.3) is 0 Å². The number of hydrogen-bond acceptors (Lipinski definition) is 13. The number of ether oxygens (including phenoxy) is 4. The first-order valence-electron chi connectivity index (χ1n) is 8.10. The monoisotopic (exact) mass is 422 g/mol. The average Bonchev–Trinajstić information content (AvgIpc) is 2.63. The number of carboxylic acids is 1. The van der Waals surface area contributed by atoms with Crippen LogP contribution in [0.3, 0.4) is 0 Å². The van der Waals surface area contributed by atoms with Crippen molar-refractivity contribution < 1.29 is 94.2 Å². The van der Waals surface area contributed by atoms with Crippen molar-refractivity contribution in [2.24, 2.45) is 0 Å². The summed E-state index contributed by atoms with van der Waals surface area (Å²) in [6, 6.07) is 0. The van der Waals surface area contributed by atoms with Crippen LogP contribution >= 0.6 is 0 Å². The molecule has 2 heterocycles. The minimum Gasteiger partial charge on any atom is -0.548 e. The summed E-state index contributed by atoms with van der Waals surface area (Å²) >= 11 is 0. The van der Waals surface area contributed by atoms with Crippen LogP contribution in [0.15, 0.2) is 0 Å². The minimum absolute atomic E-state index is 0. The van der Waals surface area contributed by atoms with Gasteiger partial charge in [-0.1, -0.05) is 0 Å². The number of aliphatic carboxylic acids is 1. The van der Waals surface area contributed by atoms with E-state index in [-0.39, 0.29) is 29.6 Å². The second-order valence-electron chi connectivity index (χ2n) is 6.23. The van der Waals surface area contributed by atoms with Gasteiger partial charge in [0.1, 0.15) is 48.8 Å². The normalized spacial score (nSPS) is 44.0. The molecule has 0 bridgehead atoms. The van der Waals surface area contributed by atoms with Gasteiger partial charge >= 0.3 is 29.6 Å². The molecule has 2 rings (SSSR count). The van der Waals surface area contributed by atoms with Gasteiger partial charge in [0.2, 0.25) is 0 Å². The summed E-state index contributed by atoms with van der Waals surface area (Å²) in [5.74, 6) is -1.52. The third kappa shape index (κ3) is 6.02. The molecule has 0 saturated carbocycles. The van der Waals surface area contributed by atoms with Crippen molar-refractivity contribution in [1.82, 2.24) is 0 Å². The van der Waals surface area contributed by atoms with E-state index >= 15 is 0 Å². The van der Waals surface area contributed by atoms with Gasteiger partial charge in [0, 0.05) is 0 Å². The molecular weight excluding hydrogens is 399 g/mol. The molecule has 0 aromatic heterocycles. The molecule has 0 aromatic rings. The first-order valence-corrected chi connectivity index (χ1v) is 8.10. The second kappa shape index (κ2) is 11.4. The van der Waals surface area contributed by atoms with Gasteiger partial charge < -0.3 is 64.6 Å². The van der Waals surface area contributed by atoms with Gasteiger partial charge in [-0.05, 0) is 0 Å². The zero-order valence-electron chi connectivity index (χ0n) is 15.0. The van der Waals surface area contributed by atoms with Crippen LogP contribution < -0.4 is 34.7 Å². The number of hydrogen-bond donors (Lipinski definition) is 7. The third-order valence-electron chi connectivity index (χ3n) is 4.30. The maximum atomic E-state index is 10.4. The summed E-state index contributed by atoms with van der Waals surface area (Å²) in [4.78, 5) is 10.4. The Labute approximate surface area is 181 Å². The predicted molar refractivity (Wildman–Crippen MR) is 77.4 cm³/mol. The van der Waals surface area contributed by atoms with Crippen LogP contribution in [0.1, 0.15) is 0 Å². The Morgan fingerprint density at radius 1 is 0.893 bits per heavy atom. The van der Waals surface area contributed by atoms with Crippen LogP contribution in [0.5, 0.6) is 0 Å². The number of carboxylic acid groups (broad SMARTS) is 1. The van der Waals surface area contributed by atoms with Crippen molar-refractivity contribution in [2.75, 3.05) is 19.8 Å².